The van der Waals surface area contributed by atoms with Gasteiger partial charge in [-0.2, -0.15) is 0 Å². The minimum Gasteiger partial charge on any atom is -0.484 e. The molecule has 6 nitrogen and oxygen atoms in total. The highest BCUT2D eigenvalue weighted by Crippen LogP contribution is 2.32. The topological polar surface area (TPSA) is 67.5 Å². The van der Waals surface area contributed by atoms with Crippen LogP contribution < -0.4 is 4.74 Å². The highest BCUT2D eigenvalue weighted by atomic mass is 16.5. The molecule has 0 aliphatic carbocycles. The molecule has 1 N–H and O–H groups in total. The van der Waals surface area contributed by atoms with Crippen LogP contribution in [-0.2, 0) is 16.0 Å². The number of ether oxygens (including phenoxy) is 2. The SMILES string of the molecule is O=C(CCc1ccc[nH]1)N1C[C@H](Oc2cccnc2)[C@H]2OCCC[C@H]21. The van der Waals surface area contributed by atoms with E-state index in [1.54, 1.807) is 12.4 Å². The van der Waals surface area contributed by atoms with E-state index in [1.165, 1.54) is 0 Å². The Morgan fingerprint density at radius 2 is 2.36 bits per heavy atom. The highest BCUT2D eigenvalue weighted by Gasteiger charge is 2.47. The van der Waals surface area contributed by atoms with Gasteiger partial charge < -0.3 is 19.4 Å². The van der Waals surface area contributed by atoms with Gasteiger partial charge in [0.1, 0.15) is 18.0 Å². The van der Waals surface area contributed by atoms with Gasteiger partial charge in [0, 0.05) is 31.1 Å². The number of aromatic nitrogens is 2. The molecule has 2 aromatic rings. The largest absolute Gasteiger partial charge is 0.484 e. The molecule has 6 heteroatoms. The lowest BCUT2D eigenvalue weighted by Gasteiger charge is -2.32. The zero-order chi connectivity index (χ0) is 17.1. The van der Waals surface area contributed by atoms with Gasteiger partial charge in [-0.05, 0) is 43.5 Å². The molecule has 0 bridgehead atoms. The maximum Gasteiger partial charge on any atom is 0.223 e. The number of fused-ring (bicyclic) bond motifs is 1. The monoisotopic (exact) mass is 341 g/mol. The Labute approximate surface area is 147 Å². The maximum absolute atomic E-state index is 12.8. The van der Waals surface area contributed by atoms with Crippen molar-refractivity contribution in [3.63, 3.8) is 0 Å². The van der Waals surface area contributed by atoms with Crippen molar-refractivity contribution < 1.29 is 14.3 Å². The van der Waals surface area contributed by atoms with Crippen LogP contribution in [0.25, 0.3) is 0 Å². The average molecular weight is 341 g/mol. The Hall–Kier alpha value is -2.34. The number of hydrogen-bond acceptors (Lipinski definition) is 4. The number of hydrogen-bond donors (Lipinski definition) is 1. The van der Waals surface area contributed by atoms with Gasteiger partial charge in [-0.15, -0.1) is 0 Å². The minimum absolute atomic E-state index is 0.0524. The van der Waals surface area contributed by atoms with Gasteiger partial charge in [0.25, 0.3) is 0 Å². The van der Waals surface area contributed by atoms with E-state index in [4.69, 9.17) is 9.47 Å². The van der Waals surface area contributed by atoms with Gasteiger partial charge in [0.05, 0.1) is 18.8 Å². The quantitative estimate of drug-likeness (QED) is 0.905. The number of nitrogens with zero attached hydrogens (tertiary/aromatic N) is 2. The molecule has 4 rings (SSSR count). The van der Waals surface area contributed by atoms with E-state index in [0.29, 0.717) is 13.0 Å². The van der Waals surface area contributed by atoms with E-state index < -0.39 is 0 Å². The Kier molecular flexibility index (Phi) is 4.70. The van der Waals surface area contributed by atoms with Crippen LogP contribution in [0.3, 0.4) is 0 Å². The molecular weight excluding hydrogens is 318 g/mol. The maximum atomic E-state index is 12.8. The van der Waals surface area contributed by atoms with Crippen molar-refractivity contribution in [2.24, 2.45) is 0 Å². The molecule has 1 amide bonds. The molecular formula is C19H23N3O3. The molecule has 0 spiro atoms. The summed E-state index contributed by atoms with van der Waals surface area (Å²) in [6.45, 7) is 1.31. The molecule has 0 unspecified atom stereocenters. The van der Waals surface area contributed by atoms with Crippen molar-refractivity contribution in [3.05, 3.63) is 48.5 Å². The van der Waals surface area contributed by atoms with Crippen LogP contribution in [0.2, 0.25) is 0 Å². The lowest BCUT2D eigenvalue weighted by Crippen LogP contribution is -2.44. The van der Waals surface area contributed by atoms with Gasteiger partial charge >= 0.3 is 0 Å². The summed E-state index contributed by atoms with van der Waals surface area (Å²) in [6.07, 6.45) is 8.32. The summed E-state index contributed by atoms with van der Waals surface area (Å²) in [4.78, 5) is 22.0. The van der Waals surface area contributed by atoms with E-state index in [2.05, 4.69) is 9.97 Å². The Morgan fingerprint density at radius 3 is 3.16 bits per heavy atom. The molecule has 3 atom stereocenters. The number of aryl methyl sites for hydroxylation is 1. The Morgan fingerprint density at radius 1 is 1.40 bits per heavy atom. The molecule has 2 aromatic heterocycles. The third kappa shape index (κ3) is 3.54. The number of carbonyl (C=O) groups is 1. The predicted octanol–water partition coefficient (Wildman–Crippen LogP) is 2.18. The van der Waals surface area contributed by atoms with Crippen LogP contribution in [0.5, 0.6) is 5.75 Å². The molecule has 132 valence electrons. The molecule has 2 saturated heterocycles. The van der Waals surface area contributed by atoms with Crippen LogP contribution in [0, 0.1) is 0 Å². The predicted molar refractivity (Wildman–Crippen MR) is 92.2 cm³/mol. The zero-order valence-electron chi connectivity index (χ0n) is 14.1. The fraction of sp³-hybridized carbons (Fsp3) is 0.474. The standard InChI is InChI=1S/C19H23N3O3/c23-18(8-7-14-4-1-10-21-14)22-13-17(19-16(22)6-3-11-24-19)25-15-5-2-9-20-12-15/h1-2,4-5,9-10,12,16-17,19,21H,3,6-8,11,13H2/t16-,17+,19+/m1/s1. The zero-order valence-corrected chi connectivity index (χ0v) is 14.1. The number of likely N-dealkylation sites (tertiary alicyclic amines) is 1. The smallest absolute Gasteiger partial charge is 0.223 e. The normalized spacial score (nSPS) is 25.6. The van der Waals surface area contributed by atoms with Crippen molar-refractivity contribution in [1.29, 1.82) is 0 Å². The second-order valence-corrected chi connectivity index (χ2v) is 6.63. The number of H-pyrrole nitrogens is 1. The first kappa shape index (κ1) is 16.1. The van der Waals surface area contributed by atoms with Crippen LogP contribution in [0.1, 0.15) is 25.0 Å². The summed E-state index contributed by atoms with van der Waals surface area (Å²) in [6, 6.07) is 7.83. The first-order chi connectivity index (χ1) is 12.3. The number of pyridine rings is 1. The van der Waals surface area contributed by atoms with Crippen molar-refractivity contribution in [3.8, 4) is 5.75 Å². The molecule has 0 radical (unpaired) electrons. The van der Waals surface area contributed by atoms with E-state index in [-0.39, 0.29) is 24.2 Å². The third-order valence-corrected chi connectivity index (χ3v) is 4.99. The number of carbonyl (C=O) groups excluding carboxylic acids is 1. The summed E-state index contributed by atoms with van der Waals surface area (Å²) >= 11 is 0. The second-order valence-electron chi connectivity index (χ2n) is 6.63. The molecule has 0 saturated carbocycles. The first-order valence-corrected chi connectivity index (χ1v) is 8.91. The minimum atomic E-state index is -0.135. The van der Waals surface area contributed by atoms with Crippen molar-refractivity contribution in [2.45, 2.75) is 43.9 Å². The molecule has 0 aromatic carbocycles. The lowest BCUT2D eigenvalue weighted by atomic mass is 10.0. The molecule has 2 aliphatic rings. The number of rotatable bonds is 5. The summed E-state index contributed by atoms with van der Waals surface area (Å²) in [5, 5.41) is 0. The summed E-state index contributed by atoms with van der Waals surface area (Å²) in [5.41, 5.74) is 1.09. The summed E-state index contributed by atoms with van der Waals surface area (Å²) in [7, 11) is 0. The van der Waals surface area contributed by atoms with Gasteiger partial charge in [-0.25, -0.2) is 0 Å². The summed E-state index contributed by atoms with van der Waals surface area (Å²) in [5.74, 6) is 0.897. The van der Waals surface area contributed by atoms with Gasteiger partial charge in [-0.1, -0.05) is 0 Å². The molecule has 2 fully saturated rings. The highest BCUT2D eigenvalue weighted by molar-refractivity contribution is 5.77. The van der Waals surface area contributed by atoms with E-state index in [0.717, 1.165) is 37.3 Å². The van der Waals surface area contributed by atoms with Crippen molar-refractivity contribution >= 4 is 5.91 Å². The molecule has 25 heavy (non-hydrogen) atoms. The van der Waals surface area contributed by atoms with Crippen LogP contribution in [0.4, 0.5) is 0 Å². The van der Waals surface area contributed by atoms with Crippen LogP contribution in [0.15, 0.2) is 42.9 Å². The Bertz CT molecular complexity index is 689. The average Bonchev–Trinajstić information content (AvgIpc) is 3.29. The van der Waals surface area contributed by atoms with Crippen LogP contribution in [-0.4, -0.2) is 52.2 Å². The fourth-order valence-electron chi connectivity index (χ4n) is 3.80. The number of amides is 1. The van der Waals surface area contributed by atoms with Crippen LogP contribution >= 0.6 is 0 Å². The van der Waals surface area contributed by atoms with Gasteiger partial charge in [0.15, 0.2) is 0 Å². The number of aromatic amines is 1. The molecule has 2 aliphatic heterocycles. The lowest BCUT2D eigenvalue weighted by molar-refractivity contribution is -0.134. The van der Waals surface area contributed by atoms with Crippen molar-refractivity contribution in [2.75, 3.05) is 13.2 Å². The van der Waals surface area contributed by atoms with E-state index in [9.17, 15) is 4.79 Å². The first-order valence-electron chi connectivity index (χ1n) is 8.91. The van der Waals surface area contributed by atoms with E-state index >= 15 is 0 Å². The fourth-order valence-corrected chi connectivity index (χ4v) is 3.80. The Balaban J connectivity index is 1.43. The second kappa shape index (κ2) is 7.27. The number of nitrogens with one attached hydrogen (secondary N) is 1. The van der Waals surface area contributed by atoms with Gasteiger partial charge in [-0.3, -0.25) is 9.78 Å². The third-order valence-electron chi connectivity index (χ3n) is 4.99. The van der Waals surface area contributed by atoms with Gasteiger partial charge in [0.2, 0.25) is 5.91 Å². The summed E-state index contributed by atoms with van der Waals surface area (Å²) < 4.78 is 12.1. The molecule has 4 heterocycles. The van der Waals surface area contributed by atoms with E-state index in [1.807, 2.05) is 35.4 Å². The van der Waals surface area contributed by atoms with Crippen molar-refractivity contribution in [1.82, 2.24) is 14.9 Å².